The third kappa shape index (κ3) is 9.64. The van der Waals surface area contributed by atoms with E-state index in [0.717, 1.165) is 59.3 Å². The first-order valence-electron chi connectivity index (χ1n) is 18.1. The van der Waals surface area contributed by atoms with Gasteiger partial charge in [0, 0.05) is 81.6 Å². The smallest absolute Gasteiger partial charge is 0.237 e. The van der Waals surface area contributed by atoms with Crippen LogP contribution in [0.4, 0.5) is 11.6 Å². The van der Waals surface area contributed by atoms with Crippen molar-refractivity contribution in [2.24, 2.45) is 11.8 Å². The Kier molecular flexibility index (Phi) is 14.6. The van der Waals surface area contributed by atoms with Crippen LogP contribution in [0.2, 0.25) is 0 Å². The molecule has 0 aliphatic heterocycles. The van der Waals surface area contributed by atoms with Gasteiger partial charge in [0.1, 0.15) is 30.3 Å². The molecule has 2 aliphatic carbocycles. The van der Waals surface area contributed by atoms with Gasteiger partial charge in [-0.1, -0.05) is 25.7 Å². The third-order valence-corrected chi connectivity index (χ3v) is 10.3. The highest BCUT2D eigenvalue weighted by Crippen LogP contribution is 2.36. The second kappa shape index (κ2) is 19.7. The summed E-state index contributed by atoms with van der Waals surface area (Å²) in [5.74, 6) is 1.67. The molecule has 1 atom stereocenters. The lowest BCUT2D eigenvalue weighted by atomic mass is 9.98. The normalized spacial score (nSPS) is 15.7. The number of aromatic nitrogens is 8. The molecule has 54 heavy (non-hydrogen) atoms. The molecule has 0 amide bonds. The number of anilines is 2. The van der Waals surface area contributed by atoms with Crippen molar-refractivity contribution >= 4 is 17.3 Å². The molecular formula is C38H50N12O4. The summed E-state index contributed by atoms with van der Waals surface area (Å²) in [5, 5.41) is 9.04. The second-order valence-electron chi connectivity index (χ2n) is 13.4. The number of methoxy groups -OCH3 is 4. The molecule has 0 bridgehead atoms. The maximum absolute atomic E-state index is 7.32. The van der Waals surface area contributed by atoms with E-state index >= 15 is 0 Å². The predicted molar refractivity (Wildman–Crippen MR) is 204 cm³/mol. The molecule has 2 saturated carbocycles. The minimum Gasteiger partial charge on any atom is -0.383 e. The molecule has 4 aromatic heterocycles. The van der Waals surface area contributed by atoms with Crippen molar-refractivity contribution in [3.8, 4) is 22.5 Å². The van der Waals surface area contributed by atoms with Crippen molar-refractivity contribution in [2.75, 3.05) is 46.5 Å². The summed E-state index contributed by atoms with van der Waals surface area (Å²) in [5.41, 5.74) is 17.7. The van der Waals surface area contributed by atoms with Crippen LogP contribution in [0.1, 0.15) is 68.5 Å². The number of nitrogens with two attached hydrogens (primary N) is 2. The highest BCUT2D eigenvalue weighted by Gasteiger charge is 2.30. The van der Waals surface area contributed by atoms with Crippen molar-refractivity contribution in [3.05, 3.63) is 77.6 Å². The van der Waals surface area contributed by atoms with E-state index in [4.69, 9.17) is 43.6 Å². The van der Waals surface area contributed by atoms with Crippen LogP contribution in [0, 0.1) is 25.0 Å². The van der Waals surface area contributed by atoms with Gasteiger partial charge in [-0.2, -0.15) is 10.2 Å². The lowest BCUT2D eigenvalue weighted by molar-refractivity contribution is -0.100. The van der Waals surface area contributed by atoms with Gasteiger partial charge < -0.3 is 35.3 Å². The summed E-state index contributed by atoms with van der Waals surface area (Å²) in [4.78, 5) is 24.2. The Morgan fingerprint density at radius 3 is 1.81 bits per heavy atom. The fraction of sp³-hybridized carbons (Fsp3) is 0.526. The molecular weight excluding hydrogens is 688 g/mol. The minimum absolute atomic E-state index is 0.104. The van der Waals surface area contributed by atoms with Gasteiger partial charge in [-0.25, -0.2) is 31.4 Å². The van der Waals surface area contributed by atoms with Gasteiger partial charge in [0.05, 0.1) is 30.4 Å². The first-order chi connectivity index (χ1) is 26.3. The number of hydrogen-bond donors (Lipinski definition) is 2. The van der Waals surface area contributed by atoms with E-state index in [1.165, 1.54) is 38.3 Å². The Morgan fingerprint density at radius 2 is 1.30 bits per heavy atom. The lowest BCUT2D eigenvalue weighted by Crippen LogP contribution is -2.20. The van der Waals surface area contributed by atoms with Crippen LogP contribution < -0.4 is 11.5 Å². The fourth-order valence-electron chi connectivity index (χ4n) is 7.36. The third-order valence-electron chi connectivity index (χ3n) is 10.3. The maximum Gasteiger partial charge on any atom is 0.237 e. The Bertz CT molecular complexity index is 1910. The molecule has 0 unspecified atom stereocenters. The van der Waals surface area contributed by atoms with Gasteiger partial charge in [-0.15, -0.1) is 0 Å². The Hall–Kier alpha value is -5.26. The topological polar surface area (TPSA) is 185 Å². The summed E-state index contributed by atoms with van der Waals surface area (Å²) in [7, 11) is 6.33. The summed E-state index contributed by atoms with van der Waals surface area (Å²) < 4.78 is 24.9. The van der Waals surface area contributed by atoms with Gasteiger partial charge in [0.25, 0.3) is 0 Å². The first-order valence-corrected chi connectivity index (χ1v) is 18.1. The largest absolute Gasteiger partial charge is 0.383 e. The van der Waals surface area contributed by atoms with Crippen LogP contribution in [0.25, 0.3) is 37.9 Å². The first kappa shape index (κ1) is 39.9. The molecule has 286 valence electrons. The molecule has 4 heterocycles. The monoisotopic (exact) mass is 738 g/mol. The molecule has 6 rings (SSSR count). The summed E-state index contributed by atoms with van der Waals surface area (Å²) in [6, 6.07) is 0.104. The average Bonchev–Trinajstić information content (AvgIpc) is 4.04. The van der Waals surface area contributed by atoms with Gasteiger partial charge in [0.15, 0.2) is 18.8 Å². The average molecular weight is 739 g/mol. The van der Waals surface area contributed by atoms with E-state index in [-0.39, 0.29) is 6.04 Å². The molecule has 16 nitrogen and oxygen atoms in total. The van der Waals surface area contributed by atoms with Crippen molar-refractivity contribution in [1.82, 2.24) is 39.5 Å². The molecule has 2 fully saturated rings. The molecule has 2 aliphatic rings. The number of rotatable bonds is 15. The van der Waals surface area contributed by atoms with Crippen molar-refractivity contribution < 1.29 is 18.9 Å². The lowest BCUT2D eigenvalue weighted by Gasteiger charge is -2.19. The highest BCUT2D eigenvalue weighted by atomic mass is 16.7. The molecule has 4 N–H and O–H groups in total. The zero-order valence-corrected chi connectivity index (χ0v) is 31.5. The van der Waals surface area contributed by atoms with Gasteiger partial charge in [0.2, 0.25) is 6.54 Å². The van der Waals surface area contributed by atoms with Crippen molar-refractivity contribution in [1.29, 1.82) is 0 Å². The summed E-state index contributed by atoms with van der Waals surface area (Å²) >= 11 is 0. The maximum atomic E-state index is 7.32. The van der Waals surface area contributed by atoms with Crippen molar-refractivity contribution in [2.45, 2.75) is 82.8 Å². The molecule has 0 radical (unpaired) electrons. The van der Waals surface area contributed by atoms with Crippen LogP contribution in [0.5, 0.6) is 0 Å². The van der Waals surface area contributed by atoms with E-state index in [1.807, 2.05) is 17.1 Å². The Morgan fingerprint density at radius 1 is 0.778 bits per heavy atom. The van der Waals surface area contributed by atoms with Crippen LogP contribution >= 0.6 is 0 Å². The number of nitrogens with zero attached hydrogens (tertiary/aromatic N) is 10. The highest BCUT2D eigenvalue weighted by molar-refractivity contribution is 5.68. The molecule has 0 spiro atoms. The van der Waals surface area contributed by atoms with Crippen LogP contribution in [-0.2, 0) is 31.8 Å². The molecule has 0 aromatic carbocycles. The van der Waals surface area contributed by atoms with Crippen LogP contribution in [0.3, 0.4) is 0 Å². The zero-order valence-electron chi connectivity index (χ0n) is 31.5. The molecule has 16 heteroatoms. The van der Waals surface area contributed by atoms with E-state index in [9.17, 15) is 0 Å². The quantitative estimate of drug-likeness (QED) is 0.112. The minimum atomic E-state index is -0.442. The summed E-state index contributed by atoms with van der Waals surface area (Å²) in [6.45, 7) is 15.0. The molecule has 4 aromatic rings. The number of allylic oxidation sites excluding steroid dienone is 1. The van der Waals surface area contributed by atoms with Gasteiger partial charge in [-0.05, 0) is 37.5 Å². The van der Waals surface area contributed by atoms with Crippen molar-refractivity contribution in [3.63, 3.8) is 0 Å². The van der Waals surface area contributed by atoms with Crippen LogP contribution in [-0.4, -0.2) is 87.1 Å². The fourth-order valence-corrected chi connectivity index (χ4v) is 7.36. The van der Waals surface area contributed by atoms with E-state index < -0.39 is 12.6 Å². The SMILES string of the molecule is [C-]#[N+]/C=C(/C1CCCC1)n1cc(-c2ncnc(N)c2CC(OC)OC)cn1.[C-]#[N+]C[C@H](C1CCCC1)n1cc(-c2ncnc(N)c2CC(OC)OC)cn1. The van der Waals surface area contributed by atoms with E-state index in [0.29, 0.717) is 48.6 Å². The van der Waals surface area contributed by atoms with Gasteiger partial charge >= 0.3 is 0 Å². The van der Waals surface area contributed by atoms with Crippen LogP contribution in [0.15, 0.2) is 43.6 Å². The second-order valence-corrected chi connectivity index (χ2v) is 13.4. The number of ether oxygens (including phenoxy) is 4. The summed E-state index contributed by atoms with van der Waals surface area (Å²) in [6.07, 6.45) is 21.2. The predicted octanol–water partition coefficient (Wildman–Crippen LogP) is 5.73. The number of nitrogen functional groups attached to an aromatic ring is 2. The molecule has 0 saturated heterocycles. The van der Waals surface area contributed by atoms with Gasteiger partial charge in [-0.3, -0.25) is 9.36 Å². The Labute approximate surface area is 316 Å². The zero-order chi connectivity index (χ0) is 38.5. The van der Waals surface area contributed by atoms with E-state index in [1.54, 1.807) is 51.7 Å². The standard InChI is InChI=1S/C19H26N6O2.C19H24N6O2/c2*1-21-10-16(13-6-4-5-7-13)25-11-14(9-24-25)18-15(8-17(26-2)27-3)19(20)23-12-22-18/h9,11-13,16-17H,4-8,10H2,2-3H3,(H2,20,22,23);9-13,17H,4-8H2,2-3H3,(H2,20,22,23)/b;16-10-/t16-;/m1./s1. The van der Waals surface area contributed by atoms with E-state index in [2.05, 4.69) is 39.8 Å². The Balaban J connectivity index is 0.000000208. The number of hydrogen-bond acceptors (Lipinski definition) is 12.